The molecular formula is C9H8F2N2O2. The molecule has 1 aromatic rings. The Morgan fingerprint density at radius 3 is 2.53 bits per heavy atom. The third kappa shape index (κ3) is 2.16. The zero-order valence-corrected chi connectivity index (χ0v) is 7.67. The van der Waals surface area contributed by atoms with Crippen LogP contribution in [0.25, 0.3) is 5.57 Å². The van der Waals surface area contributed by atoms with E-state index >= 15 is 0 Å². The van der Waals surface area contributed by atoms with Gasteiger partial charge in [-0.25, -0.2) is 4.39 Å². The summed E-state index contributed by atoms with van der Waals surface area (Å²) in [5, 5.41) is 10.3. The summed E-state index contributed by atoms with van der Waals surface area (Å²) in [4.78, 5) is 9.28. The Hall–Kier alpha value is -1.82. The van der Waals surface area contributed by atoms with E-state index in [0.717, 1.165) is 6.07 Å². The van der Waals surface area contributed by atoms with E-state index in [9.17, 15) is 18.9 Å². The lowest BCUT2D eigenvalue weighted by Crippen LogP contribution is -2.04. The number of benzene rings is 1. The third-order valence-electron chi connectivity index (χ3n) is 1.86. The summed E-state index contributed by atoms with van der Waals surface area (Å²) in [5.41, 5.74) is 4.34. The molecule has 1 rings (SSSR count). The minimum absolute atomic E-state index is 0.0474. The van der Waals surface area contributed by atoms with Gasteiger partial charge in [-0.1, -0.05) is 6.58 Å². The van der Waals surface area contributed by atoms with Crippen molar-refractivity contribution in [1.82, 2.24) is 0 Å². The average molecular weight is 214 g/mol. The number of nitrogens with two attached hydrogens (primary N) is 1. The van der Waals surface area contributed by atoms with Gasteiger partial charge in [0.2, 0.25) is 5.82 Å². The van der Waals surface area contributed by atoms with Crippen LogP contribution < -0.4 is 5.73 Å². The van der Waals surface area contributed by atoms with Crippen molar-refractivity contribution in [3.8, 4) is 0 Å². The SMILES string of the molecule is C=C(CN)c1cc(F)c([N+](=O)[O-])cc1F. The second kappa shape index (κ2) is 4.14. The summed E-state index contributed by atoms with van der Waals surface area (Å²) in [6, 6.07) is 1.24. The molecule has 6 heteroatoms. The lowest BCUT2D eigenvalue weighted by Gasteiger charge is -2.04. The Morgan fingerprint density at radius 2 is 2.07 bits per heavy atom. The molecule has 0 aliphatic rings. The molecule has 0 aliphatic heterocycles. The van der Waals surface area contributed by atoms with Gasteiger partial charge in [0.25, 0.3) is 0 Å². The first kappa shape index (κ1) is 11.3. The zero-order chi connectivity index (χ0) is 11.6. The Kier molecular flexibility index (Phi) is 3.11. The zero-order valence-electron chi connectivity index (χ0n) is 7.67. The Labute approximate surface area is 84.2 Å². The number of rotatable bonds is 3. The van der Waals surface area contributed by atoms with Crippen molar-refractivity contribution >= 4 is 11.3 Å². The van der Waals surface area contributed by atoms with Gasteiger partial charge in [0, 0.05) is 12.1 Å². The third-order valence-corrected chi connectivity index (χ3v) is 1.86. The van der Waals surface area contributed by atoms with E-state index in [-0.39, 0.29) is 17.7 Å². The molecule has 0 aromatic heterocycles. The minimum atomic E-state index is -1.11. The molecule has 0 heterocycles. The van der Waals surface area contributed by atoms with Gasteiger partial charge in [0.05, 0.1) is 11.0 Å². The van der Waals surface area contributed by atoms with Crippen LogP contribution in [-0.2, 0) is 0 Å². The highest BCUT2D eigenvalue weighted by Crippen LogP contribution is 2.24. The quantitative estimate of drug-likeness (QED) is 0.616. The molecule has 80 valence electrons. The van der Waals surface area contributed by atoms with Crippen molar-refractivity contribution in [2.75, 3.05) is 6.54 Å². The maximum absolute atomic E-state index is 13.2. The molecular weight excluding hydrogens is 206 g/mol. The van der Waals surface area contributed by atoms with E-state index in [2.05, 4.69) is 6.58 Å². The Bertz CT molecular complexity index is 432. The second-order valence-electron chi connectivity index (χ2n) is 2.85. The van der Waals surface area contributed by atoms with Crippen LogP contribution in [0.5, 0.6) is 0 Å². The first-order valence-corrected chi connectivity index (χ1v) is 3.99. The van der Waals surface area contributed by atoms with E-state index in [1.54, 1.807) is 0 Å². The van der Waals surface area contributed by atoms with E-state index in [0.29, 0.717) is 6.07 Å². The number of nitrogens with zero attached hydrogens (tertiary/aromatic N) is 1. The summed E-state index contributed by atoms with van der Waals surface area (Å²) in [6.45, 7) is 3.37. The number of hydrogen-bond acceptors (Lipinski definition) is 3. The molecule has 0 radical (unpaired) electrons. The largest absolute Gasteiger partial charge is 0.326 e. The Balaban J connectivity index is 3.31. The normalized spacial score (nSPS) is 10.1. The summed E-state index contributed by atoms with van der Waals surface area (Å²) < 4.78 is 26.3. The van der Waals surface area contributed by atoms with Crippen molar-refractivity contribution in [3.05, 3.63) is 46.0 Å². The van der Waals surface area contributed by atoms with Gasteiger partial charge in [0.15, 0.2) is 0 Å². The average Bonchev–Trinajstić information content (AvgIpc) is 2.19. The molecule has 0 atom stereocenters. The second-order valence-corrected chi connectivity index (χ2v) is 2.85. The highest BCUT2D eigenvalue weighted by molar-refractivity contribution is 5.66. The lowest BCUT2D eigenvalue weighted by molar-refractivity contribution is -0.387. The van der Waals surface area contributed by atoms with E-state index in [4.69, 9.17) is 5.73 Å². The predicted molar refractivity (Wildman–Crippen MR) is 51.1 cm³/mol. The highest BCUT2D eigenvalue weighted by atomic mass is 19.1. The van der Waals surface area contributed by atoms with Crippen LogP contribution in [0.3, 0.4) is 0 Å². The minimum Gasteiger partial charge on any atom is -0.326 e. The predicted octanol–water partition coefficient (Wildman–Crippen LogP) is 1.84. The first-order valence-electron chi connectivity index (χ1n) is 3.99. The number of hydrogen-bond donors (Lipinski definition) is 1. The summed E-state index contributed by atoms with van der Waals surface area (Å²) in [6.07, 6.45) is 0. The molecule has 15 heavy (non-hydrogen) atoms. The van der Waals surface area contributed by atoms with Gasteiger partial charge in [0.1, 0.15) is 5.82 Å². The standard InChI is InChI=1S/C9H8F2N2O2/c1-5(4-12)6-2-8(11)9(13(14)15)3-7(6)10/h2-3H,1,4,12H2. The number of halogens is 2. The van der Waals surface area contributed by atoms with Gasteiger partial charge in [-0.05, 0) is 11.6 Å². The maximum atomic E-state index is 13.2. The molecule has 0 spiro atoms. The number of nitro benzene ring substituents is 1. The monoisotopic (exact) mass is 214 g/mol. The van der Waals surface area contributed by atoms with Gasteiger partial charge in [-0.3, -0.25) is 10.1 Å². The van der Waals surface area contributed by atoms with Crippen molar-refractivity contribution < 1.29 is 13.7 Å². The fourth-order valence-electron chi connectivity index (χ4n) is 1.06. The smallest absolute Gasteiger partial charge is 0.307 e. The molecule has 0 bridgehead atoms. The highest BCUT2D eigenvalue weighted by Gasteiger charge is 2.19. The van der Waals surface area contributed by atoms with Crippen molar-refractivity contribution in [2.45, 2.75) is 0 Å². The summed E-state index contributed by atoms with van der Waals surface area (Å²) >= 11 is 0. The molecule has 0 fully saturated rings. The first-order chi connectivity index (χ1) is 6.97. The van der Waals surface area contributed by atoms with E-state index in [1.165, 1.54) is 0 Å². The van der Waals surface area contributed by atoms with Crippen LogP contribution in [0, 0.1) is 21.7 Å². The van der Waals surface area contributed by atoms with Crippen LogP contribution in [0.2, 0.25) is 0 Å². The van der Waals surface area contributed by atoms with Crippen molar-refractivity contribution in [2.24, 2.45) is 5.73 Å². The molecule has 1 aromatic carbocycles. The molecule has 0 unspecified atom stereocenters. The topological polar surface area (TPSA) is 69.2 Å². The van der Waals surface area contributed by atoms with Crippen molar-refractivity contribution in [1.29, 1.82) is 0 Å². The molecule has 0 amide bonds. The van der Waals surface area contributed by atoms with Gasteiger partial charge in [-0.15, -0.1) is 0 Å². The molecule has 0 saturated heterocycles. The van der Waals surface area contributed by atoms with Crippen LogP contribution in [-0.4, -0.2) is 11.5 Å². The molecule has 0 aliphatic carbocycles. The lowest BCUT2D eigenvalue weighted by atomic mass is 10.1. The van der Waals surface area contributed by atoms with Crippen LogP contribution in [0.1, 0.15) is 5.56 Å². The molecule has 2 N–H and O–H groups in total. The fraction of sp³-hybridized carbons (Fsp3) is 0.111. The fourth-order valence-corrected chi connectivity index (χ4v) is 1.06. The van der Waals surface area contributed by atoms with Crippen LogP contribution >= 0.6 is 0 Å². The van der Waals surface area contributed by atoms with Gasteiger partial charge >= 0.3 is 5.69 Å². The maximum Gasteiger partial charge on any atom is 0.307 e. The summed E-state index contributed by atoms with van der Waals surface area (Å²) in [7, 11) is 0. The summed E-state index contributed by atoms with van der Waals surface area (Å²) in [5.74, 6) is -2.01. The molecule has 4 nitrogen and oxygen atoms in total. The molecule has 0 saturated carbocycles. The van der Waals surface area contributed by atoms with Crippen LogP contribution in [0.4, 0.5) is 14.5 Å². The van der Waals surface area contributed by atoms with Gasteiger partial charge in [-0.2, -0.15) is 4.39 Å². The van der Waals surface area contributed by atoms with Gasteiger partial charge < -0.3 is 5.73 Å². The van der Waals surface area contributed by atoms with Crippen LogP contribution in [0.15, 0.2) is 18.7 Å². The number of nitro groups is 1. The van der Waals surface area contributed by atoms with E-state index in [1.807, 2.05) is 0 Å². The van der Waals surface area contributed by atoms with Crippen molar-refractivity contribution in [3.63, 3.8) is 0 Å². The Morgan fingerprint density at radius 1 is 1.47 bits per heavy atom. The van der Waals surface area contributed by atoms with E-state index < -0.39 is 22.2 Å².